The molecule has 24 heavy (non-hydrogen) atoms. The van der Waals surface area contributed by atoms with Gasteiger partial charge in [-0.15, -0.1) is 0 Å². The Bertz CT molecular complexity index is 756. The zero-order valence-corrected chi connectivity index (χ0v) is 16.0. The third-order valence-corrected chi connectivity index (χ3v) is 4.32. The van der Waals surface area contributed by atoms with Crippen LogP contribution in [0.4, 0.5) is 0 Å². The Hall–Kier alpha value is -0.701. The maximum absolute atomic E-state index is 10.4. The van der Waals surface area contributed by atoms with Crippen LogP contribution in [-0.2, 0) is 54.4 Å². The van der Waals surface area contributed by atoms with E-state index >= 15 is 0 Å². The molecule has 2 rings (SSSR count). The topological polar surface area (TPSA) is 114 Å². The minimum atomic E-state index is -4.27. The Morgan fingerprint density at radius 1 is 0.583 bits per heavy atom. The average molecular weight is 469 g/mol. The Balaban J connectivity index is 0. The number of hydrogen-bond acceptors (Lipinski definition) is 6. The van der Waals surface area contributed by atoms with Crippen LogP contribution in [0, 0.1) is 13.8 Å². The number of hydrogen-bond donors (Lipinski definition) is 0. The molecule has 0 heterocycles. The van der Waals surface area contributed by atoms with E-state index in [2.05, 4.69) is 0 Å². The first-order valence-electron chi connectivity index (χ1n) is 6.05. The van der Waals surface area contributed by atoms with E-state index in [4.69, 9.17) is 0 Å². The van der Waals surface area contributed by atoms with Gasteiger partial charge in [0.15, 0.2) is 0 Å². The minimum absolute atomic E-state index is 0. The molecule has 0 unspecified atom stereocenters. The van der Waals surface area contributed by atoms with Gasteiger partial charge in [0.2, 0.25) is 0 Å². The van der Waals surface area contributed by atoms with Gasteiger partial charge in [0, 0.05) is 0 Å². The van der Waals surface area contributed by atoms with Crippen LogP contribution in [0.3, 0.4) is 0 Å². The molecular weight excluding hydrogens is 455 g/mol. The molecule has 6 nitrogen and oxygen atoms in total. The first kappa shape index (κ1) is 25.5. The van der Waals surface area contributed by atoms with Crippen molar-refractivity contribution in [3.05, 3.63) is 59.7 Å². The summed E-state index contributed by atoms with van der Waals surface area (Å²) in [5.41, 5.74) is 1.86. The summed E-state index contributed by atoms with van der Waals surface area (Å²) in [5, 5.41) is 0. The monoisotopic (exact) mass is 468 g/mol. The van der Waals surface area contributed by atoms with E-state index in [1.54, 1.807) is 24.3 Å². The molecule has 0 aliphatic rings. The summed E-state index contributed by atoms with van der Waals surface area (Å²) in [4.78, 5) is -0.355. The van der Waals surface area contributed by atoms with Gasteiger partial charge >= 0.3 is 34.1 Å². The minimum Gasteiger partial charge on any atom is -0.744 e. The zero-order chi connectivity index (χ0) is 17.0. The second kappa shape index (κ2) is 10.3. The summed E-state index contributed by atoms with van der Waals surface area (Å²) in [6.07, 6.45) is 0. The van der Waals surface area contributed by atoms with Crippen molar-refractivity contribution in [1.82, 2.24) is 0 Å². The molecule has 2 aromatic carbocycles. The van der Waals surface area contributed by atoms with Gasteiger partial charge in [-0.25, -0.2) is 16.8 Å². The van der Waals surface area contributed by atoms with Crippen LogP contribution in [0.2, 0.25) is 0 Å². The van der Waals surface area contributed by atoms with Gasteiger partial charge in [-0.05, 0) is 38.1 Å². The number of benzene rings is 2. The number of rotatable bonds is 2. The van der Waals surface area contributed by atoms with Crippen molar-refractivity contribution < 1.29 is 60.1 Å². The van der Waals surface area contributed by atoms with Crippen molar-refractivity contribution in [1.29, 1.82) is 0 Å². The summed E-state index contributed by atoms with van der Waals surface area (Å²) < 4.78 is 62.3. The second-order valence-corrected chi connectivity index (χ2v) is 7.29. The molecule has 0 bridgehead atoms. The first-order chi connectivity index (χ1) is 10.00. The van der Waals surface area contributed by atoms with Crippen LogP contribution >= 0.6 is 0 Å². The number of aryl methyl sites for hydroxylation is 2. The van der Waals surface area contributed by atoms with E-state index in [1.807, 2.05) is 13.8 Å². The van der Waals surface area contributed by atoms with Gasteiger partial charge in [-0.1, -0.05) is 35.4 Å². The van der Waals surface area contributed by atoms with Crippen molar-refractivity contribution >= 4 is 20.2 Å². The van der Waals surface area contributed by atoms with Gasteiger partial charge in [-0.2, -0.15) is 0 Å². The van der Waals surface area contributed by atoms with E-state index in [0.717, 1.165) is 11.1 Å². The van der Waals surface area contributed by atoms with Crippen LogP contribution in [-0.4, -0.2) is 25.9 Å². The van der Waals surface area contributed by atoms with E-state index in [9.17, 15) is 25.9 Å². The van der Waals surface area contributed by atoms with Crippen molar-refractivity contribution in [3.8, 4) is 0 Å². The molecule has 0 spiro atoms. The molecule has 0 fully saturated rings. The predicted molar refractivity (Wildman–Crippen MR) is 78.3 cm³/mol. The molecule has 0 saturated carbocycles. The molecule has 2 aromatic rings. The normalized spacial score (nSPS) is 10.5. The zero-order valence-electron chi connectivity index (χ0n) is 12.5. The molecule has 0 aromatic heterocycles. The molecule has 140 valence electrons. The fourth-order valence-electron chi connectivity index (χ4n) is 1.41. The third-order valence-electron chi connectivity index (χ3n) is 2.62. The summed E-state index contributed by atoms with van der Waals surface area (Å²) in [6, 6.07) is 11.6. The van der Waals surface area contributed by atoms with E-state index in [-0.39, 0.29) is 43.9 Å². The molecule has 0 radical (unpaired) electrons. The van der Waals surface area contributed by atoms with Crippen LogP contribution in [0.1, 0.15) is 11.1 Å². The molecule has 0 aliphatic heterocycles. The summed E-state index contributed by atoms with van der Waals surface area (Å²) in [7, 11) is -8.54. The van der Waals surface area contributed by atoms with Gasteiger partial charge in [0.25, 0.3) is 0 Å². The maximum Gasteiger partial charge on any atom is 1.00 e. The average Bonchev–Trinajstić information content (AvgIpc) is 2.38. The van der Waals surface area contributed by atoms with Crippen molar-refractivity contribution in [2.24, 2.45) is 0 Å². The third kappa shape index (κ3) is 8.96. The maximum atomic E-state index is 10.4. The van der Waals surface area contributed by atoms with Crippen molar-refractivity contribution in [3.63, 3.8) is 0 Å². The standard InChI is InChI=1S/2C7H8O3S.2Cu/c2*1-6-2-4-7(5-3-6)11(8,9)10;;/h2*2-5H,1H3,(H,8,9,10);;/q;;2*+1/p-2. The van der Waals surface area contributed by atoms with Crippen LogP contribution in [0.5, 0.6) is 0 Å². The predicted octanol–water partition coefficient (Wildman–Crippen LogP) is 1.79. The second-order valence-electron chi connectivity index (χ2n) is 4.53. The molecular formula is C14H14Cu2O6S2. The summed E-state index contributed by atoms with van der Waals surface area (Å²) in [5.74, 6) is 0. The van der Waals surface area contributed by atoms with Gasteiger partial charge < -0.3 is 9.11 Å². The SMILES string of the molecule is Cc1ccc(S(=O)(=O)[O-])cc1.Cc1ccc(S(=O)(=O)[O-])cc1.[Cu+].[Cu+]. The smallest absolute Gasteiger partial charge is 0.744 e. The Morgan fingerprint density at radius 2 is 0.792 bits per heavy atom. The van der Waals surface area contributed by atoms with Gasteiger partial charge in [-0.3, -0.25) is 0 Å². The molecule has 0 N–H and O–H groups in total. The first-order valence-corrected chi connectivity index (χ1v) is 8.87. The van der Waals surface area contributed by atoms with Crippen LogP contribution in [0.15, 0.2) is 58.3 Å². The fourth-order valence-corrected chi connectivity index (χ4v) is 2.35. The van der Waals surface area contributed by atoms with E-state index in [0.29, 0.717) is 0 Å². The molecule has 10 heteroatoms. The fraction of sp³-hybridized carbons (Fsp3) is 0.143. The Labute approximate surface area is 163 Å². The largest absolute Gasteiger partial charge is 1.00 e. The molecule has 0 atom stereocenters. The Kier molecular flexibility index (Phi) is 11.0. The van der Waals surface area contributed by atoms with Crippen LogP contribution < -0.4 is 0 Å². The van der Waals surface area contributed by atoms with Crippen molar-refractivity contribution in [2.45, 2.75) is 23.6 Å². The summed E-state index contributed by atoms with van der Waals surface area (Å²) in [6.45, 7) is 3.64. The summed E-state index contributed by atoms with van der Waals surface area (Å²) >= 11 is 0. The molecule has 0 saturated heterocycles. The van der Waals surface area contributed by atoms with Gasteiger partial charge in [0.1, 0.15) is 20.2 Å². The van der Waals surface area contributed by atoms with E-state index in [1.165, 1.54) is 24.3 Å². The van der Waals surface area contributed by atoms with Crippen LogP contribution in [0.25, 0.3) is 0 Å². The Morgan fingerprint density at radius 3 is 0.958 bits per heavy atom. The molecule has 0 aliphatic carbocycles. The molecule has 0 amide bonds. The quantitative estimate of drug-likeness (QED) is 0.489. The van der Waals surface area contributed by atoms with E-state index < -0.39 is 20.2 Å². The van der Waals surface area contributed by atoms with Gasteiger partial charge in [0.05, 0.1) is 9.79 Å². The van der Waals surface area contributed by atoms with Crippen molar-refractivity contribution in [2.75, 3.05) is 0 Å².